The van der Waals surface area contributed by atoms with E-state index in [4.69, 9.17) is 0 Å². The van der Waals surface area contributed by atoms with Crippen molar-refractivity contribution in [1.82, 2.24) is 9.80 Å². The monoisotopic (exact) mass is 880 g/mol. The van der Waals surface area contributed by atoms with Gasteiger partial charge in [-0.05, 0) is 37.1 Å². The van der Waals surface area contributed by atoms with Gasteiger partial charge in [0.1, 0.15) is 0 Å². The zero-order valence-electron chi connectivity index (χ0n) is 32.8. The summed E-state index contributed by atoms with van der Waals surface area (Å²) < 4.78 is 0. The Bertz CT molecular complexity index is 1870. The third kappa shape index (κ3) is 14.2. The average molecular weight is 881 g/mol. The molecule has 2 fully saturated rings. The van der Waals surface area contributed by atoms with Crippen LogP contribution in [-0.2, 0) is 19.2 Å². The van der Waals surface area contributed by atoms with Gasteiger partial charge in [-0.2, -0.15) is 0 Å². The first-order valence-corrected chi connectivity index (χ1v) is 22.5. The molecule has 0 aliphatic carbocycles. The van der Waals surface area contributed by atoms with E-state index in [2.05, 4.69) is 0 Å². The molecule has 15 heteroatoms. The zero-order valence-corrected chi connectivity index (χ0v) is 37.4. The second-order valence-electron chi connectivity index (χ2n) is 14.0. The van der Waals surface area contributed by atoms with Crippen molar-refractivity contribution >= 4 is 104 Å². The summed E-state index contributed by atoms with van der Waals surface area (Å²) in [4.78, 5) is 78.5. The Morgan fingerprint density at radius 2 is 0.847 bits per heavy atom. The molecule has 6 atom stereocenters. The standard InChI is InChI=1S/2C22H23NO4S2.Mg/c2*1-15(14-28-22(27)16-8-4-2-5-9-16)20(24)23-13-18(12-19(23)21(25)26)29-17-10-6-3-7-11-17;/h2*2-11,15,18-19H,12-14H2,1H3,(H,25,26);/q;;+2/p-2/t2*15-,18+,19+;/m11./s1. The quantitative estimate of drug-likeness (QED) is 0.156. The van der Waals surface area contributed by atoms with E-state index in [1.807, 2.05) is 72.8 Å². The van der Waals surface area contributed by atoms with Crippen LogP contribution in [0.2, 0.25) is 0 Å². The fourth-order valence-electron chi connectivity index (χ4n) is 6.51. The summed E-state index contributed by atoms with van der Waals surface area (Å²) in [7, 11) is 0. The van der Waals surface area contributed by atoms with Gasteiger partial charge in [-0.1, -0.05) is 134 Å². The second kappa shape index (κ2) is 23.9. The minimum absolute atomic E-state index is 0. The Morgan fingerprint density at radius 3 is 1.15 bits per heavy atom. The van der Waals surface area contributed by atoms with Gasteiger partial charge in [-0.25, -0.2) is 0 Å². The Labute approximate surface area is 378 Å². The molecule has 4 aromatic carbocycles. The van der Waals surface area contributed by atoms with E-state index < -0.39 is 35.9 Å². The van der Waals surface area contributed by atoms with Crippen molar-refractivity contribution in [2.45, 2.75) is 59.1 Å². The first kappa shape index (κ1) is 47.9. The normalized spacial score (nSPS) is 19.4. The van der Waals surface area contributed by atoms with E-state index >= 15 is 0 Å². The third-order valence-corrected chi connectivity index (χ3v) is 14.3. The van der Waals surface area contributed by atoms with Gasteiger partial charge in [0.25, 0.3) is 0 Å². The van der Waals surface area contributed by atoms with Crippen LogP contribution in [0.1, 0.15) is 47.4 Å². The molecule has 2 aliphatic heterocycles. The fraction of sp³-hybridized carbons (Fsp3) is 0.318. The molecular formula is C44H44MgN2O8S4. The molecule has 2 amide bonds. The van der Waals surface area contributed by atoms with E-state index in [-0.39, 0.29) is 55.6 Å². The van der Waals surface area contributed by atoms with Crippen molar-refractivity contribution < 1.29 is 39.0 Å². The van der Waals surface area contributed by atoms with Crippen LogP contribution in [0.15, 0.2) is 131 Å². The zero-order chi connectivity index (χ0) is 41.6. The molecule has 6 rings (SSSR count). The molecule has 0 saturated carbocycles. The summed E-state index contributed by atoms with van der Waals surface area (Å²) in [6, 6.07) is 35.4. The van der Waals surface area contributed by atoms with Crippen molar-refractivity contribution in [3.63, 3.8) is 0 Å². The van der Waals surface area contributed by atoms with E-state index in [0.717, 1.165) is 33.3 Å². The van der Waals surface area contributed by atoms with Crippen LogP contribution in [-0.4, -0.2) is 114 Å². The molecule has 59 heavy (non-hydrogen) atoms. The van der Waals surface area contributed by atoms with Crippen LogP contribution < -0.4 is 10.2 Å². The summed E-state index contributed by atoms with van der Waals surface area (Å²) in [5.41, 5.74) is 1.18. The summed E-state index contributed by atoms with van der Waals surface area (Å²) in [5, 5.41) is 23.0. The first-order chi connectivity index (χ1) is 27.9. The number of rotatable bonds is 14. The van der Waals surface area contributed by atoms with Crippen LogP contribution in [0, 0.1) is 11.8 Å². The number of carbonyl (C=O) groups is 6. The van der Waals surface area contributed by atoms with Crippen molar-refractivity contribution in [2.24, 2.45) is 11.8 Å². The van der Waals surface area contributed by atoms with E-state index in [0.29, 0.717) is 48.6 Å². The minimum atomic E-state index is -1.23. The molecule has 304 valence electrons. The molecule has 0 N–H and O–H groups in total. The van der Waals surface area contributed by atoms with Crippen molar-refractivity contribution in [1.29, 1.82) is 0 Å². The number of likely N-dealkylation sites (tertiary alicyclic amines) is 2. The van der Waals surface area contributed by atoms with Gasteiger partial charge in [-0.15, -0.1) is 23.5 Å². The maximum absolute atomic E-state index is 12.9. The smallest absolute Gasteiger partial charge is 0.548 e. The van der Waals surface area contributed by atoms with Gasteiger partial charge in [0.15, 0.2) is 0 Å². The minimum Gasteiger partial charge on any atom is -0.548 e. The molecule has 2 heterocycles. The van der Waals surface area contributed by atoms with Gasteiger partial charge >= 0.3 is 23.1 Å². The molecule has 2 aliphatic rings. The van der Waals surface area contributed by atoms with Crippen LogP contribution in [0.4, 0.5) is 0 Å². The van der Waals surface area contributed by atoms with E-state index in [1.54, 1.807) is 85.9 Å². The summed E-state index contributed by atoms with van der Waals surface area (Å²) >= 11 is 5.32. The van der Waals surface area contributed by atoms with E-state index in [1.165, 1.54) is 9.80 Å². The number of thioether (sulfide) groups is 4. The summed E-state index contributed by atoms with van der Waals surface area (Å²) in [6.07, 6.45) is 0.715. The first-order valence-electron chi connectivity index (χ1n) is 18.8. The largest absolute Gasteiger partial charge is 2.00 e. The SMILES string of the molecule is C[C@H](CSC(=O)c1ccccc1)C(=O)N1C[C@@H](Sc2ccccc2)C[C@H]1C(=O)[O-].C[C@H](CSC(=O)c1ccccc1)C(=O)N1C[C@@H](Sc2ccccc2)C[C@H]1C(=O)[O-].[Mg+2]. The third-order valence-electron chi connectivity index (χ3n) is 9.52. The Kier molecular flexibility index (Phi) is 19.4. The number of benzene rings is 4. The fourth-order valence-corrected chi connectivity index (χ4v) is 10.6. The Hall–Kier alpha value is -3.73. The maximum atomic E-state index is 12.9. The molecule has 10 nitrogen and oxygen atoms in total. The predicted octanol–water partition coefficient (Wildman–Crippen LogP) is 5.03. The van der Waals surface area contributed by atoms with E-state index in [9.17, 15) is 39.0 Å². The molecule has 0 aromatic heterocycles. The number of carboxylic acid groups (broad SMARTS) is 2. The van der Waals surface area contributed by atoms with Gasteiger partial charge in [0.2, 0.25) is 22.0 Å². The maximum Gasteiger partial charge on any atom is 2.00 e. The molecular weight excluding hydrogens is 837 g/mol. The summed E-state index contributed by atoms with van der Waals surface area (Å²) in [6.45, 7) is 4.19. The molecule has 0 spiro atoms. The van der Waals surface area contributed by atoms with Crippen LogP contribution in [0.3, 0.4) is 0 Å². The van der Waals surface area contributed by atoms with Crippen LogP contribution in [0.5, 0.6) is 0 Å². The summed E-state index contributed by atoms with van der Waals surface area (Å²) in [5.74, 6) is -3.26. The van der Waals surface area contributed by atoms with Gasteiger partial charge in [0, 0.05) is 67.8 Å². The Balaban J connectivity index is 0.000000256. The van der Waals surface area contributed by atoms with Crippen LogP contribution >= 0.6 is 47.0 Å². The number of amides is 2. The predicted molar refractivity (Wildman–Crippen MR) is 233 cm³/mol. The molecule has 4 aromatic rings. The number of nitrogens with zero attached hydrogens (tertiary/aromatic N) is 2. The average Bonchev–Trinajstić information content (AvgIpc) is 3.87. The number of aliphatic carboxylic acids is 2. The molecule has 2 saturated heterocycles. The Morgan fingerprint density at radius 1 is 0.542 bits per heavy atom. The molecule has 0 radical (unpaired) electrons. The number of hydrogen-bond donors (Lipinski definition) is 0. The topological polar surface area (TPSA) is 155 Å². The van der Waals surface area contributed by atoms with Crippen molar-refractivity contribution in [2.75, 3.05) is 24.6 Å². The number of carbonyl (C=O) groups excluding carboxylic acids is 6. The van der Waals surface area contributed by atoms with Crippen LogP contribution in [0.25, 0.3) is 0 Å². The second-order valence-corrected chi connectivity index (χ2v) is 18.7. The number of carboxylic acids is 2. The van der Waals surface area contributed by atoms with Crippen molar-refractivity contribution in [3.8, 4) is 0 Å². The van der Waals surface area contributed by atoms with Gasteiger partial charge in [-0.3, -0.25) is 19.2 Å². The number of hydrogen-bond acceptors (Lipinski definition) is 12. The van der Waals surface area contributed by atoms with Gasteiger partial charge < -0.3 is 29.6 Å². The molecule has 0 unspecified atom stereocenters. The molecule has 0 bridgehead atoms. The van der Waals surface area contributed by atoms with Gasteiger partial charge in [0.05, 0.1) is 24.0 Å². The van der Waals surface area contributed by atoms with Crippen molar-refractivity contribution in [3.05, 3.63) is 132 Å².